The Labute approximate surface area is 237 Å². The molecule has 12 nitrogen and oxygen atoms in total. The Morgan fingerprint density at radius 1 is 1.22 bits per heavy atom. The van der Waals surface area contributed by atoms with Gasteiger partial charge in [0.1, 0.15) is 23.6 Å². The summed E-state index contributed by atoms with van der Waals surface area (Å²) in [7, 11) is 0. The molecule has 0 unspecified atom stereocenters. The molecule has 0 bridgehead atoms. The van der Waals surface area contributed by atoms with E-state index in [2.05, 4.69) is 21.1 Å². The largest absolute Gasteiger partial charge is 0.459 e. The molecular formula is C29H37N5O7. The Morgan fingerprint density at radius 2 is 2.00 bits per heavy atom. The van der Waals surface area contributed by atoms with Crippen molar-refractivity contribution in [3.63, 3.8) is 0 Å². The maximum atomic E-state index is 13.5. The topological polar surface area (TPSA) is 162 Å². The molecule has 3 atom stereocenters. The highest BCUT2D eigenvalue weighted by Gasteiger charge is 2.29. The van der Waals surface area contributed by atoms with Crippen LogP contribution in [0.15, 0.2) is 45.9 Å². The van der Waals surface area contributed by atoms with Crippen LogP contribution in [0.3, 0.4) is 0 Å². The van der Waals surface area contributed by atoms with Crippen molar-refractivity contribution >= 4 is 29.4 Å². The van der Waals surface area contributed by atoms with Crippen molar-refractivity contribution < 1.29 is 28.4 Å². The average Bonchev–Trinajstić information content (AvgIpc) is 3.58. The fourth-order valence-electron chi connectivity index (χ4n) is 5.24. The highest BCUT2D eigenvalue weighted by atomic mass is 16.5. The molecule has 2 aromatic rings. The first kappa shape index (κ1) is 29.8. The van der Waals surface area contributed by atoms with E-state index in [0.29, 0.717) is 25.1 Å². The Hall–Kier alpha value is -4.22. The molecule has 1 saturated carbocycles. The van der Waals surface area contributed by atoms with Crippen molar-refractivity contribution in [2.45, 2.75) is 83.4 Å². The first-order chi connectivity index (χ1) is 19.7. The minimum absolute atomic E-state index is 0.0195. The molecule has 0 spiro atoms. The molecule has 1 aliphatic heterocycles. The Bertz CT molecular complexity index is 1340. The van der Waals surface area contributed by atoms with Crippen molar-refractivity contribution in [3.8, 4) is 0 Å². The molecule has 3 N–H and O–H groups in total. The Balaban J connectivity index is 1.48. The molecule has 0 aromatic carbocycles. The number of anilines is 1. The van der Waals surface area contributed by atoms with Gasteiger partial charge in [0.15, 0.2) is 5.69 Å². The summed E-state index contributed by atoms with van der Waals surface area (Å²) in [6.45, 7) is 3.96. The highest BCUT2D eigenvalue weighted by Crippen LogP contribution is 2.21. The van der Waals surface area contributed by atoms with E-state index in [-0.39, 0.29) is 35.7 Å². The molecule has 12 heteroatoms. The molecule has 41 heavy (non-hydrogen) atoms. The zero-order valence-electron chi connectivity index (χ0n) is 23.4. The molecule has 0 radical (unpaired) electrons. The molecule has 1 saturated heterocycles. The van der Waals surface area contributed by atoms with Crippen LogP contribution in [0.2, 0.25) is 0 Å². The zero-order valence-corrected chi connectivity index (χ0v) is 23.4. The summed E-state index contributed by atoms with van der Waals surface area (Å²) in [5.74, 6) is -1.53. The lowest BCUT2D eigenvalue weighted by molar-refractivity contribution is -0.144. The standard InChI is InChI=1S/C29H37N5O7/c1-3-24(34-15-7-10-22(29(34)39)32-27(37)23-16-18(2)41-33-23)28(38)31-20(17-19-13-14-30-26(19)36)11-12-25(35)40-21-8-5-4-6-9-21/h7,10-12,15-16,19-21,24H,3-6,8-9,13-14,17H2,1-2H3,(H,30,36)(H,31,38)(H,32,37)/b12-11+/t19-,20+,24-/m0/s1. The summed E-state index contributed by atoms with van der Waals surface area (Å²) in [5.41, 5.74) is -0.565. The minimum atomic E-state index is -0.906. The van der Waals surface area contributed by atoms with Gasteiger partial charge in [-0.05, 0) is 64.0 Å². The van der Waals surface area contributed by atoms with Gasteiger partial charge < -0.3 is 29.8 Å². The maximum absolute atomic E-state index is 13.5. The average molecular weight is 568 g/mol. The Kier molecular flexibility index (Phi) is 10.1. The summed E-state index contributed by atoms with van der Waals surface area (Å²) < 4.78 is 11.7. The van der Waals surface area contributed by atoms with E-state index in [1.54, 1.807) is 26.0 Å². The van der Waals surface area contributed by atoms with Crippen LogP contribution in [0.4, 0.5) is 5.69 Å². The lowest BCUT2D eigenvalue weighted by Crippen LogP contribution is -2.43. The number of rotatable bonds is 11. The molecule has 2 aliphatic rings. The monoisotopic (exact) mass is 567 g/mol. The normalized spacial score (nSPS) is 19.0. The predicted molar refractivity (Wildman–Crippen MR) is 149 cm³/mol. The number of aryl methyl sites for hydroxylation is 1. The number of nitrogens with zero attached hydrogens (tertiary/aromatic N) is 2. The number of esters is 1. The van der Waals surface area contributed by atoms with Crippen LogP contribution in [-0.4, -0.2) is 52.1 Å². The third-order valence-corrected chi connectivity index (χ3v) is 7.44. The highest BCUT2D eigenvalue weighted by molar-refractivity contribution is 6.02. The molecule has 1 aliphatic carbocycles. The smallest absolute Gasteiger partial charge is 0.330 e. The van der Waals surface area contributed by atoms with Gasteiger partial charge in [-0.3, -0.25) is 19.2 Å². The van der Waals surface area contributed by atoms with E-state index in [1.807, 2.05) is 0 Å². The van der Waals surface area contributed by atoms with Crippen LogP contribution in [0.1, 0.15) is 80.6 Å². The Morgan fingerprint density at radius 3 is 2.66 bits per heavy atom. The van der Waals surface area contributed by atoms with Gasteiger partial charge in [0.2, 0.25) is 11.8 Å². The minimum Gasteiger partial charge on any atom is -0.459 e. The van der Waals surface area contributed by atoms with Crippen molar-refractivity contribution in [2.75, 3.05) is 11.9 Å². The summed E-state index contributed by atoms with van der Waals surface area (Å²) in [6.07, 6.45) is 10.3. The summed E-state index contributed by atoms with van der Waals surface area (Å²) in [6, 6.07) is 2.90. The summed E-state index contributed by atoms with van der Waals surface area (Å²) in [5, 5.41) is 11.9. The lowest BCUT2D eigenvalue weighted by Gasteiger charge is -2.23. The van der Waals surface area contributed by atoms with Crippen LogP contribution >= 0.6 is 0 Å². The fraction of sp³-hybridized carbons (Fsp3) is 0.517. The molecular weight excluding hydrogens is 530 g/mol. The molecule has 220 valence electrons. The molecule has 3 amide bonds. The van der Waals surface area contributed by atoms with E-state index in [4.69, 9.17) is 9.26 Å². The number of pyridine rings is 1. The van der Waals surface area contributed by atoms with Gasteiger partial charge >= 0.3 is 5.97 Å². The van der Waals surface area contributed by atoms with E-state index >= 15 is 0 Å². The number of nitrogens with one attached hydrogen (secondary N) is 3. The number of amides is 3. The van der Waals surface area contributed by atoms with Gasteiger partial charge in [-0.25, -0.2) is 4.79 Å². The predicted octanol–water partition coefficient (Wildman–Crippen LogP) is 2.79. The van der Waals surface area contributed by atoms with E-state index < -0.39 is 35.4 Å². The third-order valence-electron chi connectivity index (χ3n) is 7.44. The van der Waals surface area contributed by atoms with Crippen molar-refractivity contribution in [2.24, 2.45) is 5.92 Å². The van der Waals surface area contributed by atoms with Crippen molar-refractivity contribution in [3.05, 3.63) is 58.4 Å². The van der Waals surface area contributed by atoms with Gasteiger partial charge in [0, 0.05) is 36.8 Å². The number of carbonyl (C=O) groups is 4. The summed E-state index contributed by atoms with van der Waals surface area (Å²) >= 11 is 0. The van der Waals surface area contributed by atoms with Crippen molar-refractivity contribution in [1.82, 2.24) is 20.4 Å². The second kappa shape index (κ2) is 13.9. The SMILES string of the molecule is CC[C@@H](C(=O)N[C@H](/C=C/C(=O)OC1CCCCC1)C[C@@H]1CCNC1=O)n1cccc(NC(=O)c2cc(C)on2)c1=O. The maximum Gasteiger partial charge on any atom is 0.330 e. The number of ether oxygens (including phenoxy) is 1. The van der Waals surface area contributed by atoms with Gasteiger partial charge in [-0.1, -0.05) is 24.6 Å². The zero-order chi connectivity index (χ0) is 29.4. The molecule has 2 aromatic heterocycles. The number of aromatic nitrogens is 2. The first-order valence-corrected chi connectivity index (χ1v) is 14.2. The van der Waals surface area contributed by atoms with Gasteiger partial charge in [-0.2, -0.15) is 0 Å². The number of hydrogen-bond acceptors (Lipinski definition) is 8. The van der Waals surface area contributed by atoms with Crippen LogP contribution in [0.25, 0.3) is 0 Å². The molecule has 3 heterocycles. The molecule has 4 rings (SSSR count). The van der Waals surface area contributed by atoms with E-state index in [0.717, 1.165) is 32.1 Å². The second-order valence-corrected chi connectivity index (χ2v) is 10.5. The first-order valence-electron chi connectivity index (χ1n) is 14.2. The third kappa shape index (κ3) is 7.92. The number of carbonyl (C=O) groups excluding carboxylic acids is 4. The van der Waals surface area contributed by atoms with E-state index in [1.165, 1.54) is 29.0 Å². The van der Waals surface area contributed by atoms with Gasteiger partial charge in [0.05, 0.1) is 0 Å². The van der Waals surface area contributed by atoms with Crippen LogP contribution < -0.4 is 21.5 Å². The second-order valence-electron chi connectivity index (χ2n) is 10.5. The fourth-order valence-corrected chi connectivity index (χ4v) is 5.24. The van der Waals surface area contributed by atoms with E-state index in [9.17, 15) is 24.0 Å². The number of hydrogen-bond donors (Lipinski definition) is 3. The molecule has 2 fully saturated rings. The van der Waals surface area contributed by atoms with Gasteiger partial charge in [-0.15, -0.1) is 0 Å². The quantitative estimate of drug-likeness (QED) is 0.276. The van der Waals surface area contributed by atoms with Crippen LogP contribution in [0, 0.1) is 12.8 Å². The van der Waals surface area contributed by atoms with Gasteiger partial charge in [0.25, 0.3) is 11.5 Å². The van der Waals surface area contributed by atoms with Crippen LogP contribution in [-0.2, 0) is 19.1 Å². The van der Waals surface area contributed by atoms with Crippen LogP contribution in [0.5, 0.6) is 0 Å². The summed E-state index contributed by atoms with van der Waals surface area (Å²) in [4.78, 5) is 64.0. The van der Waals surface area contributed by atoms with Crippen molar-refractivity contribution in [1.29, 1.82) is 0 Å². The lowest BCUT2D eigenvalue weighted by atomic mass is 9.97.